The number of carbonyl (C=O) groups is 2. The topological polar surface area (TPSA) is 154 Å². The van der Waals surface area contributed by atoms with E-state index in [9.17, 15) is 29.8 Å². The molecule has 0 aliphatic rings. The molecule has 12 heteroatoms. The van der Waals surface area contributed by atoms with E-state index in [1.807, 2.05) is 0 Å². The summed E-state index contributed by atoms with van der Waals surface area (Å²) in [5.41, 5.74) is 1.56. The van der Waals surface area contributed by atoms with Gasteiger partial charge in [-0.2, -0.15) is 5.10 Å². The predicted molar refractivity (Wildman–Crippen MR) is 118 cm³/mol. The fraction of sp³-hybridized carbons (Fsp3) is 0. The minimum absolute atomic E-state index is 0.0575. The number of halogens is 1. The molecule has 0 aliphatic carbocycles. The fourth-order valence-electron chi connectivity index (χ4n) is 2.58. The maximum atomic E-state index is 12.4. The molecule has 33 heavy (non-hydrogen) atoms. The molecule has 1 amide bonds. The molecule has 0 bridgehead atoms. The van der Waals surface area contributed by atoms with Crippen LogP contribution < -0.4 is 10.2 Å². The molecule has 0 saturated heterocycles. The first-order valence-electron chi connectivity index (χ1n) is 9.08. The number of nitro groups is 2. The Labute approximate surface area is 190 Å². The van der Waals surface area contributed by atoms with Gasteiger partial charge in [-0.3, -0.25) is 25.0 Å². The molecule has 11 nitrogen and oxygen atoms in total. The van der Waals surface area contributed by atoms with Crippen LogP contribution in [0.1, 0.15) is 26.3 Å². The molecule has 0 atom stereocenters. The zero-order valence-electron chi connectivity index (χ0n) is 16.5. The van der Waals surface area contributed by atoms with Gasteiger partial charge in [0.1, 0.15) is 5.75 Å². The molecule has 0 unspecified atom stereocenters. The van der Waals surface area contributed by atoms with Gasteiger partial charge in [0.2, 0.25) is 0 Å². The molecular formula is C21H13ClN4O7. The average molecular weight is 469 g/mol. The monoisotopic (exact) mass is 468 g/mol. The van der Waals surface area contributed by atoms with E-state index in [1.54, 1.807) is 24.3 Å². The van der Waals surface area contributed by atoms with Crippen LogP contribution >= 0.6 is 11.6 Å². The maximum absolute atomic E-state index is 12.4. The number of nitro benzene ring substituents is 2. The van der Waals surface area contributed by atoms with Crippen LogP contribution in [-0.2, 0) is 0 Å². The second kappa shape index (κ2) is 10.1. The van der Waals surface area contributed by atoms with Crippen LogP contribution in [0.25, 0.3) is 0 Å². The van der Waals surface area contributed by atoms with Crippen LogP contribution in [0.5, 0.6) is 5.75 Å². The quantitative estimate of drug-likeness (QED) is 0.179. The average Bonchev–Trinajstić information content (AvgIpc) is 2.79. The lowest BCUT2D eigenvalue weighted by atomic mass is 10.1. The lowest BCUT2D eigenvalue weighted by molar-refractivity contribution is -0.394. The minimum Gasteiger partial charge on any atom is -0.423 e. The third-order valence-electron chi connectivity index (χ3n) is 4.11. The summed E-state index contributed by atoms with van der Waals surface area (Å²) < 4.78 is 5.17. The van der Waals surface area contributed by atoms with E-state index in [-0.39, 0.29) is 11.3 Å². The Morgan fingerprint density at radius 1 is 0.909 bits per heavy atom. The van der Waals surface area contributed by atoms with Gasteiger partial charge >= 0.3 is 5.97 Å². The number of non-ortho nitro benzene ring substituents is 2. The van der Waals surface area contributed by atoms with E-state index in [1.165, 1.54) is 30.5 Å². The van der Waals surface area contributed by atoms with Crippen LogP contribution in [0, 0.1) is 20.2 Å². The number of nitrogens with one attached hydrogen (secondary N) is 1. The normalized spacial score (nSPS) is 10.6. The second-order valence-corrected chi connectivity index (χ2v) is 6.86. The van der Waals surface area contributed by atoms with Gasteiger partial charge in [-0.1, -0.05) is 23.7 Å². The molecule has 0 aliphatic heterocycles. The Bertz CT molecular complexity index is 1240. The summed E-state index contributed by atoms with van der Waals surface area (Å²) in [7, 11) is 0. The second-order valence-electron chi connectivity index (χ2n) is 6.42. The van der Waals surface area contributed by atoms with Crippen LogP contribution in [0.4, 0.5) is 11.4 Å². The van der Waals surface area contributed by atoms with Crippen molar-refractivity contribution in [2.45, 2.75) is 0 Å². The van der Waals surface area contributed by atoms with Gasteiger partial charge in [-0.05, 0) is 42.0 Å². The van der Waals surface area contributed by atoms with E-state index >= 15 is 0 Å². The highest BCUT2D eigenvalue weighted by atomic mass is 35.5. The van der Waals surface area contributed by atoms with E-state index < -0.39 is 33.1 Å². The summed E-state index contributed by atoms with van der Waals surface area (Å²) in [6.07, 6.45) is 1.31. The molecule has 0 heterocycles. The molecule has 0 fully saturated rings. The zero-order chi connectivity index (χ0) is 24.0. The van der Waals surface area contributed by atoms with Crippen LogP contribution in [0.3, 0.4) is 0 Å². The third kappa shape index (κ3) is 6.18. The molecular weight excluding hydrogens is 456 g/mol. The number of rotatable bonds is 7. The maximum Gasteiger partial charge on any atom is 0.344 e. The third-order valence-corrected chi connectivity index (χ3v) is 4.37. The van der Waals surface area contributed by atoms with Crippen LogP contribution in [0.15, 0.2) is 71.8 Å². The van der Waals surface area contributed by atoms with Crippen molar-refractivity contribution in [2.24, 2.45) is 5.10 Å². The number of nitrogens with zero attached hydrogens (tertiary/aromatic N) is 3. The molecule has 1 N–H and O–H groups in total. The molecule has 0 aromatic heterocycles. The summed E-state index contributed by atoms with van der Waals surface area (Å²) >= 11 is 5.78. The number of esters is 1. The van der Waals surface area contributed by atoms with E-state index in [4.69, 9.17) is 16.3 Å². The first-order chi connectivity index (χ1) is 15.7. The molecule has 3 rings (SSSR count). The minimum atomic E-state index is -1.02. The van der Waals surface area contributed by atoms with E-state index in [0.29, 0.717) is 16.1 Å². The molecule has 0 spiro atoms. The number of amides is 1. The van der Waals surface area contributed by atoms with Gasteiger partial charge in [0, 0.05) is 22.7 Å². The van der Waals surface area contributed by atoms with Gasteiger partial charge in [-0.25, -0.2) is 10.2 Å². The Hall–Kier alpha value is -4.64. The van der Waals surface area contributed by atoms with Crippen LogP contribution in [-0.4, -0.2) is 27.9 Å². The van der Waals surface area contributed by atoms with Gasteiger partial charge < -0.3 is 4.74 Å². The summed E-state index contributed by atoms with van der Waals surface area (Å²) in [6.45, 7) is 0. The van der Waals surface area contributed by atoms with Gasteiger partial charge in [-0.15, -0.1) is 0 Å². The van der Waals surface area contributed by atoms with Gasteiger partial charge in [0.15, 0.2) is 0 Å². The highest BCUT2D eigenvalue weighted by Gasteiger charge is 2.21. The summed E-state index contributed by atoms with van der Waals surface area (Å²) in [5, 5.41) is 26.3. The van der Waals surface area contributed by atoms with Gasteiger partial charge in [0.25, 0.3) is 17.3 Å². The highest BCUT2D eigenvalue weighted by Crippen LogP contribution is 2.24. The van der Waals surface area contributed by atoms with E-state index in [0.717, 1.165) is 18.2 Å². The predicted octanol–water partition coefficient (Wildman–Crippen LogP) is 4.14. The Morgan fingerprint density at radius 3 is 2.15 bits per heavy atom. The summed E-state index contributed by atoms with van der Waals surface area (Å²) in [6, 6.07) is 14.7. The SMILES string of the molecule is O=C(N/N=C/c1cccc(OC(=O)c2cc([N+](=O)[O-])cc([N+](=O)[O-])c2)c1)c1ccc(Cl)cc1. The largest absolute Gasteiger partial charge is 0.423 e. The van der Waals surface area contributed by atoms with Crippen molar-refractivity contribution in [1.29, 1.82) is 0 Å². The van der Waals surface area contributed by atoms with Crippen molar-refractivity contribution in [1.82, 2.24) is 5.43 Å². The number of ether oxygens (including phenoxy) is 1. The standard InChI is InChI=1S/C21H13ClN4O7/c22-16-6-4-14(5-7-16)20(27)24-23-12-13-2-1-3-19(8-13)33-21(28)15-9-17(25(29)30)11-18(10-15)26(31)32/h1-12H,(H,24,27)/b23-12+. The fourth-order valence-corrected chi connectivity index (χ4v) is 2.71. The first kappa shape index (κ1) is 23.0. The molecule has 3 aromatic carbocycles. The molecule has 0 radical (unpaired) electrons. The Morgan fingerprint density at radius 2 is 1.55 bits per heavy atom. The number of hydrazone groups is 1. The summed E-state index contributed by atoms with van der Waals surface area (Å²) in [5.74, 6) is -1.42. The van der Waals surface area contributed by atoms with Crippen molar-refractivity contribution in [3.05, 3.63) is 109 Å². The molecule has 3 aromatic rings. The number of benzene rings is 3. The number of hydrogen-bond acceptors (Lipinski definition) is 8. The Balaban J connectivity index is 1.71. The molecule has 0 saturated carbocycles. The van der Waals surface area contributed by atoms with E-state index in [2.05, 4.69) is 10.5 Å². The molecule has 166 valence electrons. The van der Waals surface area contributed by atoms with Crippen molar-refractivity contribution in [3.8, 4) is 5.75 Å². The van der Waals surface area contributed by atoms with Gasteiger partial charge in [0.05, 0.1) is 27.7 Å². The number of hydrogen-bond donors (Lipinski definition) is 1. The van der Waals surface area contributed by atoms with Crippen molar-refractivity contribution in [3.63, 3.8) is 0 Å². The zero-order valence-corrected chi connectivity index (χ0v) is 17.3. The first-order valence-corrected chi connectivity index (χ1v) is 9.46. The summed E-state index contributed by atoms with van der Waals surface area (Å²) in [4.78, 5) is 44.7. The smallest absolute Gasteiger partial charge is 0.344 e. The van der Waals surface area contributed by atoms with Crippen LogP contribution in [0.2, 0.25) is 5.02 Å². The highest BCUT2D eigenvalue weighted by molar-refractivity contribution is 6.30. The van der Waals surface area contributed by atoms with Crippen molar-refractivity contribution >= 4 is 41.1 Å². The Kier molecular flexibility index (Phi) is 7.06. The van der Waals surface area contributed by atoms with Crippen molar-refractivity contribution in [2.75, 3.05) is 0 Å². The lowest BCUT2D eigenvalue weighted by Gasteiger charge is -2.05. The van der Waals surface area contributed by atoms with Crippen molar-refractivity contribution < 1.29 is 24.2 Å². The number of carbonyl (C=O) groups excluding carboxylic acids is 2. The lowest BCUT2D eigenvalue weighted by Crippen LogP contribution is -2.17.